The normalized spacial score (nSPS) is 14.9. The minimum absolute atomic E-state index is 0.0241. The second-order valence-corrected chi connectivity index (χ2v) is 8.23. The van der Waals surface area contributed by atoms with Crippen LogP contribution in [0.25, 0.3) is 0 Å². The quantitative estimate of drug-likeness (QED) is 0.760. The molecule has 0 saturated heterocycles. The van der Waals surface area contributed by atoms with Crippen LogP contribution in [0.2, 0.25) is 0 Å². The van der Waals surface area contributed by atoms with Crippen molar-refractivity contribution in [2.45, 2.75) is 43.5 Å². The lowest BCUT2D eigenvalue weighted by atomic mass is 10.2. The van der Waals surface area contributed by atoms with Gasteiger partial charge in [-0.15, -0.1) is 0 Å². The largest absolute Gasteiger partial charge is 0.492 e. The van der Waals surface area contributed by atoms with E-state index in [-0.39, 0.29) is 16.8 Å². The van der Waals surface area contributed by atoms with Gasteiger partial charge in [-0.05, 0) is 50.1 Å². The summed E-state index contributed by atoms with van der Waals surface area (Å²) in [5.74, 6) is 0.108. The van der Waals surface area contributed by atoms with Crippen molar-refractivity contribution in [1.82, 2.24) is 4.72 Å². The Morgan fingerprint density at radius 3 is 2.48 bits per heavy atom. The molecule has 3 rings (SSSR count). The number of rotatable bonds is 7. The lowest BCUT2D eigenvalue weighted by Gasteiger charge is -2.16. The highest BCUT2D eigenvalue weighted by Gasteiger charge is 2.24. The Labute approximate surface area is 160 Å². The molecule has 6 nitrogen and oxygen atoms in total. The second-order valence-electron chi connectivity index (χ2n) is 6.51. The number of carbonyl (C=O) groups excluding carboxylic acids is 1. The minimum Gasteiger partial charge on any atom is -0.492 e. The molecule has 0 bridgehead atoms. The van der Waals surface area contributed by atoms with Crippen molar-refractivity contribution in [2.75, 3.05) is 11.9 Å². The van der Waals surface area contributed by atoms with Gasteiger partial charge in [-0.2, -0.15) is 0 Å². The van der Waals surface area contributed by atoms with Crippen LogP contribution in [0.5, 0.6) is 5.75 Å². The van der Waals surface area contributed by atoms with E-state index in [1.807, 2.05) is 13.0 Å². The molecule has 2 N–H and O–H groups in total. The Morgan fingerprint density at radius 1 is 1.11 bits per heavy atom. The molecule has 1 fully saturated rings. The van der Waals surface area contributed by atoms with Crippen LogP contribution < -0.4 is 14.8 Å². The molecule has 0 aromatic heterocycles. The van der Waals surface area contributed by atoms with E-state index in [1.54, 1.807) is 30.3 Å². The van der Waals surface area contributed by atoms with Gasteiger partial charge in [0, 0.05) is 11.6 Å². The number of anilines is 1. The van der Waals surface area contributed by atoms with Gasteiger partial charge in [-0.1, -0.05) is 31.0 Å². The first-order chi connectivity index (χ1) is 13.0. The number of hydrogen-bond donors (Lipinski definition) is 2. The first kappa shape index (κ1) is 19.4. The van der Waals surface area contributed by atoms with Crippen LogP contribution in [0.1, 0.15) is 43.0 Å². The van der Waals surface area contributed by atoms with E-state index in [4.69, 9.17) is 4.74 Å². The summed E-state index contributed by atoms with van der Waals surface area (Å²) >= 11 is 0. The Hall–Kier alpha value is -2.38. The zero-order valence-electron chi connectivity index (χ0n) is 15.3. The van der Waals surface area contributed by atoms with Gasteiger partial charge in [0.1, 0.15) is 5.75 Å². The summed E-state index contributed by atoms with van der Waals surface area (Å²) in [7, 11) is -3.66. The topological polar surface area (TPSA) is 84.5 Å². The summed E-state index contributed by atoms with van der Waals surface area (Å²) in [6.07, 6.45) is 3.78. The minimum atomic E-state index is -3.66. The number of amides is 1. The van der Waals surface area contributed by atoms with E-state index in [1.165, 1.54) is 12.1 Å². The molecular formula is C20H24N2O4S. The van der Waals surface area contributed by atoms with E-state index in [9.17, 15) is 13.2 Å². The second kappa shape index (κ2) is 8.54. The van der Waals surface area contributed by atoms with E-state index < -0.39 is 10.0 Å². The van der Waals surface area contributed by atoms with Crippen molar-refractivity contribution < 1.29 is 17.9 Å². The van der Waals surface area contributed by atoms with Gasteiger partial charge in [0.25, 0.3) is 5.91 Å². The molecule has 1 aliphatic rings. The maximum Gasteiger partial charge on any atom is 0.255 e. The molecule has 0 atom stereocenters. The number of sulfonamides is 1. The average Bonchev–Trinajstić information content (AvgIpc) is 3.16. The summed E-state index contributed by atoms with van der Waals surface area (Å²) in [6, 6.07) is 13.2. The fraction of sp³-hybridized carbons (Fsp3) is 0.350. The van der Waals surface area contributed by atoms with Crippen molar-refractivity contribution in [1.29, 1.82) is 0 Å². The number of nitrogens with one attached hydrogen (secondary N) is 2. The van der Waals surface area contributed by atoms with Gasteiger partial charge in [-0.25, -0.2) is 13.1 Å². The van der Waals surface area contributed by atoms with Gasteiger partial charge < -0.3 is 10.1 Å². The van der Waals surface area contributed by atoms with E-state index >= 15 is 0 Å². The van der Waals surface area contributed by atoms with Crippen LogP contribution in [0, 0.1) is 0 Å². The smallest absolute Gasteiger partial charge is 0.255 e. The van der Waals surface area contributed by atoms with Crippen molar-refractivity contribution in [3.05, 3.63) is 54.1 Å². The maximum atomic E-state index is 12.7. The number of carbonyl (C=O) groups is 1. The summed E-state index contributed by atoms with van der Waals surface area (Å²) in [4.78, 5) is 12.6. The lowest BCUT2D eigenvalue weighted by Crippen LogP contribution is -2.32. The molecule has 2 aromatic rings. The van der Waals surface area contributed by atoms with E-state index in [2.05, 4.69) is 10.0 Å². The molecule has 0 spiro atoms. The standard InChI is InChI=1S/C20H24N2O4S/c1-2-26-19-13-12-17(27(24,25)22-16-10-6-7-11-16)14-18(19)21-20(23)15-8-4-3-5-9-15/h3-5,8-9,12-14,16,22H,2,6-7,10-11H2,1H3,(H,21,23). The summed E-state index contributed by atoms with van der Waals surface area (Å²) in [5.41, 5.74) is 0.817. The maximum absolute atomic E-state index is 12.7. The van der Waals surface area contributed by atoms with Crippen LogP contribution >= 0.6 is 0 Å². The zero-order valence-corrected chi connectivity index (χ0v) is 16.1. The molecule has 144 valence electrons. The average molecular weight is 388 g/mol. The van der Waals surface area contributed by atoms with E-state index in [0.717, 1.165) is 25.7 Å². The van der Waals surface area contributed by atoms with Crippen molar-refractivity contribution >= 4 is 21.6 Å². The Balaban J connectivity index is 1.87. The van der Waals surface area contributed by atoms with Crippen molar-refractivity contribution in [3.8, 4) is 5.75 Å². The predicted molar refractivity (Wildman–Crippen MR) is 105 cm³/mol. The first-order valence-electron chi connectivity index (χ1n) is 9.15. The molecule has 7 heteroatoms. The van der Waals surface area contributed by atoms with Crippen molar-refractivity contribution in [3.63, 3.8) is 0 Å². The van der Waals surface area contributed by atoms with Crippen LogP contribution in [-0.4, -0.2) is 27.0 Å². The van der Waals surface area contributed by atoms with Gasteiger partial charge in [0.2, 0.25) is 10.0 Å². The highest BCUT2D eigenvalue weighted by molar-refractivity contribution is 7.89. The van der Waals surface area contributed by atoms with Gasteiger partial charge in [0.05, 0.1) is 17.2 Å². The number of ether oxygens (including phenoxy) is 1. The molecule has 0 unspecified atom stereocenters. The van der Waals surface area contributed by atoms with Crippen LogP contribution in [-0.2, 0) is 10.0 Å². The summed E-state index contributed by atoms with van der Waals surface area (Å²) < 4.78 is 33.7. The van der Waals surface area contributed by atoms with Crippen LogP contribution in [0.4, 0.5) is 5.69 Å². The third-order valence-electron chi connectivity index (χ3n) is 4.52. The number of benzene rings is 2. The molecule has 0 radical (unpaired) electrons. The number of hydrogen-bond acceptors (Lipinski definition) is 4. The molecule has 0 aliphatic heterocycles. The molecule has 2 aromatic carbocycles. The van der Waals surface area contributed by atoms with Crippen LogP contribution in [0.3, 0.4) is 0 Å². The molecule has 27 heavy (non-hydrogen) atoms. The van der Waals surface area contributed by atoms with Gasteiger partial charge >= 0.3 is 0 Å². The predicted octanol–water partition coefficient (Wildman–Crippen LogP) is 3.56. The van der Waals surface area contributed by atoms with Crippen molar-refractivity contribution in [2.24, 2.45) is 0 Å². The molecule has 1 aliphatic carbocycles. The Bertz CT molecular complexity index is 891. The summed E-state index contributed by atoms with van der Waals surface area (Å²) in [6.45, 7) is 2.23. The monoisotopic (exact) mass is 388 g/mol. The Kier molecular flexibility index (Phi) is 6.13. The zero-order chi connectivity index (χ0) is 19.3. The van der Waals surface area contributed by atoms with Gasteiger partial charge in [0.15, 0.2) is 0 Å². The SMILES string of the molecule is CCOc1ccc(S(=O)(=O)NC2CCCC2)cc1NC(=O)c1ccccc1. The first-order valence-corrected chi connectivity index (χ1v) is 10.6. The highest BCUT2D eigenvalue weighted by Crippen LogP contribution is 2.29. The Morgan fingerprint density at radius 2 is 1.81 bits per heavy atom. The lowest BCUT2D eigenvalue weighted by molar-refractivity contribution is 0.102. The van der Waals surface area contributed by atoms with Crippen LogP contribution in [0.15, 0.2) is 53.4 Å². The fourth-order valence-corrected chi connectivity index (χ4v) is 4.50. The molecule has 1 saturated carbocycles. The molecular weight excluding hydrogens is 364 g/mol. The molecule has 1 amide bonds. The van der Waals surface area contributed by atoms with E-state index in [0.29, 0.717) is 23.6 Å². The van der Waals surface area contributed by atoms with Gasteiger partial charge in [-0.3, -0.25) is 4.79 Å². The fourth-order valence-electron chi connectivity index (χ4n) is 3.17. The highest BCUT2D eigenvalue weighted by atomic mass is 32.2. The molecule has 0 heterocycles. The third-order valence-corrected chi connectivity index (χ3v) is 6.04. The summed E-state index contributed by atoms with van der Waals surface area (Å²) in [5, 5.41) is 2.76. The third kappa shape index (κ3) is 4.87.